The van der Waals surface area contributed by atoms with Crippen LogP contribution in [0.15, 0.2) is 18.2 Å². The highest BCUT2D eigenvalue weighted by molar-refractivity contribution is 5.82. The van der Waals surface area contributed by atoms with Gasteiger partial charge in [-0.2, -0.15) is 0 Å². The Hall–Kier alpha value is -1.58. The van der Waals surface area contributed by atoms with Gasteiger partial charge in [0, 0.05) is 0 Å². The summed E-state index contributed by atoms with van der Waals surface area (Å²) in [5.74, 6) is -1.62. The van der Waals surface area contributed by atoms with E-state index in [1.807, 2.05) is 0 Å². The number of para-hydroxylation sites is 1. The molecule has 0 unspecified atom stereocenters. The first-order valence-electron chi connectivity index (χ1n) is 4.15. The minimum atomic E-state index is -1.17. The van der Waals surface area contributed by atoms with Gasteiger partial charge in [0.05, 0.1) is 11.1 Å². The van der Waals surface area contributed by atoms with Gasteiger partial charge >= 0.3 is 5.97 Å². The molecule has 0 atom stereocenters. The molecule has 76 valence electrons. The number of carbonyl (C=O) groups is 1. The number of halogens is 1. The van der Waals surface area contributed by atoms with Gasteiger partial charge in [-0.05, 0) is 25.5 Å². The highest BCUT2D eigenvalue weighted by Gasteiger charge is 2.31. The second-order valence-electron chi connectivity index (χ2n) is 3.63. The van der Waals surface area contributed by atoms with Crippen LogP contribution in [-0.2, 0) is 10.2 Å². The van der Waals surface area contributed by atoms with Crippen molar-refractivity contribution in [3.63, 3.8) is 0 Å². The van der Waals surface area contributed by atoms with Crippen LogP contribution in [0.5, 0.6) is 0 Å². The summed E-state index contributed by atoms with van der Waals surface area (Å²) in [6.45, 7) is 2.97. The van der Waals surface area contributed by atoms with Crippen molar-refractivity contribution in [2.24, 2.45) is 0 Å². The zero-order valence-electron chi connectivity index (χ0n) is 8.04. The molecule has 0 amide bonds. The van der Waals surface area contributed by atoms with Crippen LogP contribution < -0.4 is 5.73 Å². The molecule has 0 aliphatic carbocycles. The van der Waals surface area contributed by atoms with Crippen LogP contribution >= 0.6 is 0 Å². The summed E-state index contributed by atoms with van der Waals surface area (Å²) >= 11 is 0. The maximum Gasteiger partial charge on any atom is 0.313 e. The first-order chi connectivity index (χ1) is 6.37. The first-order valence-corrected chi connectivity index (χ1v) is 4.15. The van der Waals surface area contributed by atoms with Gasteiger partial charge in [-0.15, -0.1) is 0 Å². The summed E-state index contributed by atoms with van der Waals surface area (Å²) in [5.41, 5.74) is 4.49. The molecule has 3 nitrogen and oxygen atoms in total. The molecule has 0 fully saturated rings. The molecule has 3 N–H and O–H groups in total. The fourth-order valence-electron chi connectivity index (χ4n) is 1.20. The van der Waals surface area contributed by atoms with Crippen molar-refractivity contribution in [1.29, 1.82) is 0 Å². The number of rotatable bonds is 2. The van der Waals surface area contributed by atoms with Crippen LogP contribution in [0.4, 0.5) is 10.1 Å². The predicted octanol–water partition coefficient (Wildman–Crippen LogP) is 1.77. The summed E-state index contributed by atoms with van der Waals surface area (Å²) < 4.78 is 13.1. The molecule has 0 aromatic heterocycles. The second-order valence-corrected chi connectivity index (χ2v) is 3.63. The molecule has 0 heterocycles. The lowest BCUT2D eigenvalue weighted by molar-refractivity contribution is -0.142. The maximum absolute atomic E-state index is 13.1. The quantitative estimate of drug-likeness (QED) is 0.710. The molecule has 1 aromatic carbocycles. The van der Waals surface area contributed by atoms with Crippen LogP contribution in [0.3, 0.4) is 0 Å². The normalized spacial score (nSPS) is 11.4. The van der Waals surface area contributed by atoms with E-state index in [0.29, 0.717) is 5.56 Å². The van der Waals surface area contributed by atoms with Crippen molar-refractivity contribution in [2.45, 2.75) is 19.3 Å². The standard InChI is InChI=1S/C10H12FNO2/c1-10(2,9(13)14)6-4-3-5-7(11)8(6)12/h3-5H,12H2,1-2H3,(H,13,14). The van der Waals surface area contributed by atoms with Crippen molar-refractivity contribution in [3.05, 3.63) is 29.6 Å². The first kappa shape index (κ1) is 10.5. The van der Waals surface area contributed by atoms with E-state index >= 15 is 0 Å². The summed E-state index contributed by atoms with van der Waals surface area (Å²) in [6.07, 6.45) is 0. The van der Waals surface area contributed by atoms with Gasteiger partial charge in [0.1, 0.15) is 5.82 Å². The number of hydrogen-bond acceptors (Lipinski definition) is 2. The molecule has 0 radical (unpaired) electrons. The van der Waals surface area contributed by atoms with E-state index in [1.54, 1.807) is 0 Å². The van der Waals surface area contributed by atoms with Crippen LogP contribution in [0.25, 0.3) is 0 Å². The second kappa shape index (κ2) is 3.29. The van der Waals surface area contributed by atoms with Crippen molar-refractivity contribution in [3.8, 4) is 0 Å². The van der Waals surface area contributed by atoms with Crippen LogP contribution in [0.2, 0.25) is 0 Å². The smallest absolute Gasteiger partial charge is 0.313 e. The van der Waals surface area contributed by atoms with Gasteiger partial charge in [0.25, 0.3) is 0 Å². The average Bonchev–Trinajstić information content (AvgIpc) is 2.09. The minimum Gasteiger partial charge on any atom is -0.481 e. The molecule has 0 spiro atoms. The van der Waals surface area contributed by atoms with Gasteiger partial charge in [-0.3, -0.25) is 4.79 Å². The molecule has 0 aliphatic heterocycles. The average molecular weight is 197 g/mol. The van der Waals surface area contributed by atoms with Crippen LogP contribution in [-0.4, -0.2) is 11.1 Å². The summed E-state index contributed by atoms with van der Waals surface area (Å²) in [5, 5.41) is 8.93. The molecule has 0 saturated carbocycles. The Morgan fingerprint density at radius 2 is 2.07 bits per heavy atom. The van der Waals surface area contributed by atoms with E-state index in [2.05, 4.69) is 0 Å². The number of hydrogen-bond donors (Lipinski definition) is 2. The van der Waals surface area contributed by atoms with E-state index < -0.39 is 17.2 Å². The van der Waals surface area contributed by atoms with Gasteiger partial charge in [-0.25, -0.2) is 4.39 Å². The Kier molecular flexibility index (Phi) is 2.47. The van der Waals surface area contributed by atoms with Crippen LogP contribution in [0, 0.1) is 5.82 Å². The molecule has 0 aliphatic rings. The molecule has 0 bridgehead atoms. The number of benzene rings is 1. The third-order valence-electron chi connectivity index (χ3n) is 2.26. The Bertz CT molecular complexity index is 374. The summed E-state index contributed by atoms with van der Waals surface area (Å²) in [7, 11) is 0. The maximum atomic E-state index is 13.1. The number of carboxylic acids is 1. The largest absolute Gasteiger partial charge is 0.481 e. The van der Waals surface area contributed by atoms with Gasteiger partial charge in [0.2, 0.25) is 0 Å². The van der Waals surface area contributed by atoms with E-state index in [9.17, 15) is 9.18 Å². The molecule has 4 heteroatoms. The van der Waals surface area contributed by atoms with Crippen molar-refractivity contribution >= 4 is 11.7 Å². The molecule has 1 rings (SSSR count). The Labute approximate surface area is 81.4 Å². The van der Waals surface area contributed by atoms with Crippen LogP contribution in [0.1, 0.15) is 19.4 Å². The molecular formula is C10H12FNO2. The number of aliphatic carboxylic acids is 1. The fraction of sp³-hybridized carbons (Fsp3) is 0.300. The van der Waals surface area contributed by atoms with Crippen molar-refractivity contribution in [1.82, 2.24) is 0 Å². The number of anilines is 1. The topological polar surface area (TPSA) is 63.3 Å². The Morgan fingerprint density at radius 1 is 1.50 bits per heavy atom. The summed E-state index contributed by atoms with van der Waals surface area (Å²) in [6, 6.07) is 4.18. The SMILES string of the molecule is CC(C)(C(=O)O)c1cccc(F)c1N. The lowest BCUT2D eigenvalue weighted by Crippen LogP contribution is -2.29. The van der Waals surface area contributed by atoms with E-state index in [1.165, 1.54) is 32.0 Å². The number of nitrogen functional groups attached to an aromatic ring is 1. The Balaban J connectivity index is 3.33. The third kappa shape index (κ3) is 1.55. The fourth-order valence-corrected chi connectivity index (χ4v) is 1.20. The minimum absolute atomic E-state index is 0.0973. The highest BCUT2D eigenvalue weighted by Crippen LogP contribution is 2.29. The Morgan fingerprint density at radius 3 is 2.57 bits per heavy atom. The highest BCUT2D eigenvalue weighted by atomic mass is 19.1. The van der Waals surface area contributed by atoms with Crippen molar-refractivity contribution < 1.29 is 14.3 Å². The van der Waals surface area contributed by atoms with Gasteiger partial charge < -0.3 is 10.8 Å². The lowest BCUT2D eigenvalue weighted by atomic mass is 9.83. The summed E-state index contributed by atoms with van der Waals surface area (Å²) in [4.78, 5) is 10.9. The lowest BCUT2D eigenvalue weighted by Gasteiger charge is -2.21. The third-order valence-corrected chi connectivity index (χ3v) is 2.26. The van der Waals surface area contributed by atoms with E-state index in [0.717, 1.165) is 0 Å². The molecular weight excluding hydrogens is 185 g/mol. The number of nitrogens with two attached hydrogens (primary N) is 1. The van der Waals surface area contributed by atoms with E-state index in [4.69, 9.17) is 10.8 Å². The van der Waals surface area contributed by atoms with E-state index in [-0.39, 0.29) is 5.69 Å². The molecule has 14 heavy (non-hydrogen) atoms. The van der Waals surface area contributed by atoms with Gasteiger partial charge in [0.15, 0.2) is 0 Å². The zero-order valence-corrected chi connectivity index (χ0v) is 8.04. The van der Waals surface area contributed by atoms with Gasteiger partial charge in [-0.1, -0.05) is 12.1 Å². The predicted molar refractivity (Wildman–Crippen MR) is 51.5 cm³/mol. The van der Waals surface area contributed by atoms with Crippen molar-refractivity contribution in [2.75, 3.05) is 5.73 Å². The molecule has 1 aromatic rings. The monoisotopic (exact) mass is 197 g/mol. The zero-order chi connectivity index (χ0) is 10.9. The number of carboxylic acid groups (broad SMARTS) is 1. The molecule has 0 saturated heterocycles.